The van der Waals surface area contributed by atoms with E-state index in [2.05, 4.69) is 20.8 Å². The predicted molar refractivity (Wildman–Crippen MR) is 64.3 cm³/mol. The van der Waals surface area contributed by atoms with Crippen molar-refractivity contribution in [2.75, 3.05) is 0 Å². The molecule has 2 nitrogen and oxygen atoms in total. The van der Waals surface area contributed by atoms with Crippen molar-refractivity contribution in [1.29, 1.82) is 0 Å². The summed E-state index contributed by atoms with van der Waals surface area (Å²) in [6.07, 6.45) is 0.156. The SMILES string of the molecule is CC(=O)c1ccc2c(c1C)C(C)(C)C(C)O2. The third-order valence-corrected chi connectivity index (χ3v) is 3.77. The summed E-state index contributed by atoms with van der Waals surface area (Å²) in [4.78, 5) is 11.5. The highest BCUT2D eigenvalue weighted by atomic mass is 16.5. The molecule has 86 valence electrons. The van der Waals surface area contributed by atoms with Crippen LogP contribution in [0.1, 0.15) is 49.2 Å². The van der Waals surface area contributed by atoms with Gasteiger partial charge in [-0.25, -0.2) is 0 Å². The molecule has 0 aliphatic carbocycles. The number of carbonyl (C=O) groups excluding carboxylic acids is 1. The van der Waals surface area contributed by atoms with Gasteiger partial charge >= 0.3 is 0 Å². The van der Waals surface area contributed by atoms with Crippen LogP contribution in [-0.2, 0) is 5.41 Å². The third kappa shape index (κ3) is 1.36. The molecule has 2 rings (SSSR count). The van der Waals surface area contributed by atoms with E-state index in [1.54, 1.807) is 6.92 Å². The van der Waals surface area contributed by atoms with E-state index in [-0.39, 0.29) is 17.3 Å². The normalized spacial score (nSPS) is 21.4. The van der Waals surface area contributed by atoms with Crippen molar-refractivity contribution in [2.45, 2.75) is 46.1 Å². The molecule has 0 aromatic heterocycles. The minimum atomic E-state index is -0.0229. The van der Waals surface area contributed by atoms with Gasteiger partial charge in [-0.15, -0.1) is 0 Å². The molecule has 1 aromatic carbocycles. The van der Waals surface area contributed by atoms with E-state index < -0.39 is 0 Å². The molecule has 0 radical (unpaired) electrons. The zero-order valence-corrected chi connectivity index (χ0v) is 10.5. The highest BCUT2D eigenvalue weighted by molar-refractivity contribution is 5.96. The second kappa shape index (κ2) is 3.34. The Morgan fingerprint density at radius 1 is 1.38 bits per heavy atom. The van der Waals surface area contributed by atoms with Gasteiger partial charge in [-0.1, -0.05) is 13.8 Å². The first-order chi connectivity index (χ1) is 7.35. The van der Waals surface area contributed by atoms with Crippen molar-refractivity contribution >= 4 is 5.78 Å². The summed E-state index contributed by atoms with van der Waals surface area (Å²) in [6, 6.07) is 3.79. The number of hydrogen-bond acceptors (Lipinski definition) is 2. The Labute approximate surface area is 96.6 Å². The molecule has 16 heavy (non-hydrogen) atoms. The first-order valence-corrected chi connectivity index (χ1v) is 5.67. The minimum Gasteiger partial charge on any atom is -0.489 e. The van der Waals surface area contributed by atoms with Crippen LogP contribution in [0.5, 0.6) is 5.75 Å². The lowest BCUT2D eigenvalue weighted by molar-refractivity contribution is 0.101. The monoisotopic (exact) mass is 218 g/mol. The number of rotatable bonds is 1. The zero-order valence-electron chi connectivity index (χ0n) is 10.5. The minimum absolute atomic E-state index is 0.0229. The summed E-state index contributed by atoms with van der Waals surface area (Å²) in [5.74, 6) is 1.05. The zero-order chi connectivity index (χ0) is 12.1. The molecule has 1 unspecified atom stereocenters. The number of carbonyl (C=O) groups is 1. The lowest BCUT2D eigenvalue weighted by atomic mass is 9.78. The Hall–Kier alpha value is -1.31. The van der Waals surface area contributed by atoms with Crippen molar-refractivity contribution < 1.29 is 9.53 Å². The maximum absolute atomic E-state index is 11.5. The quantitative estimate of drug-likeness (QED) is 0.676. The van der Waals surface area contributed by atoms with E-state index in [1.165, 1.54) is 5.56 Å². The number of Topliss-reactive ketones (excluding diaryl/α,β-unsaturated/α-hetero) is 1. The van der Waals surface area contributed by atoms with Crippen LogP contribution < -0.4 is 4.74 Å². The van der Waals surface area contributed by atoms with E-state index in [9.17, 15) is 4.79 Å². The van der Waals surface area contributed by atoms with E-state index in [0.29, 0.717) is 0 Å². The highest BCUT2D eigenvalue weighted by Crippen LogP contribution is 2.45. The van der Waals surface area contributed by atoms with Gasteiger partial charge in [-0.05, 0) is 38.5 Å². The molecule has 0 N–H and O–H groups in total. The molecule has 2 heteroatoms. The Bertz CT molecular complexity index is 458. The lowest BCUT2D eigenvalue weighted by Crippen LogP contribution is -2.29. The summed E-state index contributed by atoms with van der Waals surface area (Å²) < 4.78 is 5.83. The molecular formula is C14H18O2. The van der Waals surface area contributed by atoms with Gasteiger partial charge in [0.1, 0.15) is 11.9 Å². The third-order valence-electron chi connectivity index (χ3n) is 3.77. The van der Waals surface area contributed by atoms with Crippen molar-refractivity contribution in [3.05, 3.63) is 28.8 Å². The number of ether oxygens (including phenoxy) is 1. The molecule has 1 aliphatic rings. The summed E-state index contributed by atoms with van der Waals surface area (Å²) in [6.45, 7) is 10.0. The molecule has 1 aliphatic heterocycles. The van der Waals surface area contributed by atoms with Crippen LogP contribution in [0.15, 0.2) is 12.1 Å². The maximum atomic E-state index is 11.5. The van der Waals surface area contributed by atoms with Crippen molar-refractivity contribution in [1.82, 2.24) is 0 Å². The topological polar surface area (TPSA) is 26.3 Å². The molecule has 0 spiro atoms. The molecule has 0 saturated heterocycles. The van der Waals surface area contributed by atoms with Gasteiger partial charge in [-0.3, -0.25) is 4.79 Å². The van der Waals surface area contributed by atoms with Gasteiger partial charge in [0, 0.05) is 16.5 Å². The van der Waals surface area contributed by atoms with Crippen molar-refractivity contribution in [2.24, 2.45) is 0 Å². The van der Waals surface area contributed by atoms with Gasteiger partial charge in [0.05, 0.1) is 0 Å². The molecular weight excluding hydrogens is 200 g/mol. The fraction of sp³-hybridized carbons (Fsp3) is 0.500. The summed E-state index contributed by atoms with van der Waals surface area (Å²) >= 11 is 0. The molecule has 1 atom stereocenters. The second-order valence-corrected chi connectivity index (χ2v) is 5.15. The Balaban J connectivity index is 2.68. The molecule has 1 aromatic rings. The standard InChI is InChI=1S/C14H18O2/c1-8-11(9(2)15)6-7-12-13(8)14(4,5)10(3)16-12/h6-7,10H,1-5H3. The van der Waals surface area contributed by atoms with Crippen molar-refractivity contribution in [3.63, 3.8) is 0 Å². The van der Waals surface area contributed by atoms with Crippen LogP contribution in [0, 0.1) is 6.92 Å². The predicted octanol–water partition coefficient (Wildman–Crippen LogP) is 3.26. The molecule has 0 bridgehead atoms. The Morgan fingerprint density at radius 3 is 2.56 bits per heavy atom. The summed E-state index contributed by atoms with van der Waals surface area (Å²) in [5.41, 5.74) is 3.04. The van der Waals surface area contributed by atoms with E-state index in [0.717, 1.165) is 16.9 Å². The smallest absolute Gasteiger partial charge is 0.160 e. The van der Waals surface area contributed by atoms with Crippen LogP contribution in [0.25, 0.3) is 0 Å². The van der Waals surface area contributed by atoms with Crippen LogP contribution in [-0.4, -0.2) is 11.9 Å². The largest absolute Gasteiger partial charge is 0.489 e. The van der Waals surface area contributed by atoms with Crippen molar-refractivity contribution in [3.8, 4) is 5.75 Å². The van der Waals surface area contributed by atoms with Crippen LogP contribution in [0.4, 0.5) is 0 Å². The average Bonchev–Trinajstić information content (AvgIpc) is 2.38. The van der Waals surface area contributed by atoms with Gasteiger partial charge in [0.25, 0.3) is 0 Å². The summed E-state index contributed by atoms with van der Waals surface area (Å²) in [5, 5.41) is 0. The number of hydrogen-bond donors (Lipinski definition) is 0. The van der Waals surface area contributed by atoms with E-state index in [4.69, 9.17) is 4.74 Å². The van der Waals surface area contributed by atoms with E-state index >= 15 is 0 Å². The van der Waals surface area contributed by atoms with Gasteiger partial charge in [0.15, 0.2) is 5.78 Å². The summed E-state index contributed by atoms with van der Waals surface area (Å²) in [7, 11) is 0. The Morgan fingerprint density at radius 2 is 2.00 bits per heavy atom. The van der Waals surface area contributed by atoms with Crippen LogP contribution in [0.2, 0.25) is 0 Å². The average molecular weight is 218 g/mol. The Kier molecular flexibility index (Phi) is 2.33. The fourth-order valence-corrected chi connectivity index (χ4v) is 2.51. The van der Waals surface area contributed by atoms with Gasteiger partial charge < -0.3 is 4.74 Å². The van der Waals surface area contributed by atoms with Crippen LogP contribution >= 0.6 is 0 Å². The number of fused-ring (bicyclic) bond motifs is 1. The fourth-order valence-electron chi connectivity index (χ4n) is 2.51. The number of ketones is 1. The first kappa shape index (κ1) is 11.2. The number of benzene rings is 1. The molecule has 1 heterocycles. The molecule has 0 amide bonds. The van der Waals surface area contributed by atoms with Gasteiger partial charge in [0.2, 0.25) is 0 Å². The lowest BCUT2D eigenvalue weighted by Gasteiger charge is -2.24. The molecule has 0 saturated carbocycles. The first-order valence-electron chi connectivity index (χ1n) is 5.67. The maximum Gasteiger partial charge on any atom is 0.160 e. The van der Waals surface area contributed by atoms with Crippen LogP contribution in [0.3, 0.4) is 0 Å². The van der Waals surface area contributed by atoms with Gasteiger partial charge in [-0.2, -0.15) is 0 Å². The highest BCUT2D eigenvalue weighted by Gasteiger charge is 2.40. The molecule has 0 fully saturated rings. The van der Waals surface area contributed by atoms with E-state index in [1.807, 2.05) is 19.1 Å². The second-order valence-electron chi connectivity index (χ2n) is 5.15.